The number of furan rings is 1. The van der Waals surface area contributed by atoms with Crippen molar-refractivity contribution in [3.8, 4) is 0 Å². The standard InChI is InChI=1S/C17H19NO5/c1-10-5-13-12(8-23-15(13)6-11(10)2)7-16(19)18-3-4-22-9-14(18)17(20)21/h5-6,8,14H,3-4,7,9H2,1-2H3,(H,20,21). The molecular weight excluding hydrogens is 298 g/mol. The van der Waals surface area contributed by atoms with Crippen LogP contribution in [0.15, 0.2) is 22.8 Å². The molecular formula is C17H19NO5. The third-order valence-corrected chi connectivity index (χ3v) is 4.35. The van der Waals surface area contributed by atoms with Crippen molar-refractivity contribution in [2.75, 3.05) is 19.8 Å². The summed E-state index contributed by atoms with van der Waals surface area (Å²) < 4.78 is 10.7. The van der Waals surface area contributed by atoms with E-state index in [-0.39, 0.29) is 18.9 Å². The zero-order valence-electron chi connectivity index (χ0n) is 13.2. The highest BCUT2D eigenvalue weighted by Crippen LogP contribution is 2.25. The van der Waals surface area contributed by atoms with Crippen LogP contribution in [0.4, 0.5) is 0 Å². The molecule has 0 radical (unpaired) electrons. The van der Waals surface area contributed by atoms with Gasteiger partial charge in [0.1, 0.15) is 5.58 Å². The first kappa shape index (κ1) is 15.6. The minimum atomic E-state index is -1.04. The SMILES string of the molecule is Cc1cc2occ(CC(=O)N3CCOCC3C(=O)O)c2cc1C. The van der Waals surface area contributed by atoms with E-state index in [0.29, 0.717) is 13.2 Å². The third kappa shape index (κ3) is 2.94. The largest absolute Gasteiger partial charge is 0.480 e. The Morgan fingerprint density at radius 1 is 1.30 bits per heavy atom. The number of aryl methyl sites for hydroxylation is 2. The van der Waals surface area contributed by atoms with Crippen LogP contribution in [0.1, 0.15) is 16.7 Å². The van der Waals surface area contributed by atoms with Gasteiger partial charge in [0.05, 0.1) is 25.9 Å². The molecule has 122 valence electrons. The monoisotopic (exact) mass is 317 g/mol. The molecule has 2 aromatic rings. The third-order valence-electron chi connectivity index (χ3n) is 4.35. The quantitative estimate of drug-likeness (QED) is 0.935. The fraction of sp³-hybridized carbons (Fsp3) is 0.412. The van der Waals surface area contributed by atoms with E-state index in [4.69, 9.17) is 9.15 Å². The number of amides is 1. The Hall–Kier alpha value is -2.34. The van der Waals surface area contributed by atoms with Gasteiger partial charge in [-0.05, 0) is 37.1 Å². The minimum Gasteiger partial charge on any atom is -0.480 e. The van der Waals surface area contributed by atoms with E-state index in [1.54, 1.807) is 6.26 Å². The number of aliphatic carboxylic acids is 1. The van der Waals surface area contributed by atoms with Crippen molar-refractivity contribution in [1.29, 1.82) is 0 Å². The first-order valence-corrected chi connectivity index (χ1v) is 7.54. The highest BCUT2D eigenvalue weighted by Gasteiger charge is 2.32. The van der Waals surface area contributed by atoms with Gasteiger partial charge in [-0.25, -0.2) is 4.79 Å². The Bertz CT molecular complexity index is 764. The zero-order chi connectivity index (χ0) is 16.6. The molecule has 1 fully saturated rings. The Labute approximate surface area is 133 Å². The molecule has 1 N–H and O–H groups in total. The van der Waals surface area contributed by atoms with Gasteiger partial charge in [-0.15, -0.1) is 0 Å². The lowest BCUT2D eigenvalue weighted by atomic mass is 10.0. The Kier molecular flexibility index (Phi) is 4.09. The fourth-order valence-electron chi connectivity index (χ4n) is 2.84. The van der Waals surface area contributed by atoms with Crippen molar-refractivity contribution in [2.24, 2.45) is 0 Å². The molecule has 1 amide bonds. The summed E-state index contributed by atoms with van der Waals surface area (Å²) in [7, 11) is 0. The Morgan fingerprint density at radius 2 is 2.04 bits per heavy atom. The molecule has 0 saturated carbocycles. The second-order valence-electron chi connectivity index (χ2n) is 5.89. The maximum Gasteiger partial charge on any atom is 0.328 e. The predicted molar refractivity (Wildman–Crippen MR) is 83.3 cm³/mol. The second kappa shape index (κ2) is 6.04. The van der Waals surface area contributed by atoms with E-state index in [0.717, 1.165) is 27.7 Å². The van der Waals surface area contributed by atoms with Gasteiger partial charge in [0.25, 0.3) is 0 Å². The zero-order valence-corrected chi connectivity index (χ0v) is 13.2. The summed E-state index contributed by atoms with van der Waals surface area (Å²) >= 11 is 0. The molecule has 1 atom stereocenters. The van der Waals surface area contributed by atoms with Crippen LogP contribution in [0, 0.1) is 13.8 Å². The van der Waals surface area contributed by atoms with Gasteiger partial charge >= 0.3 is 5.97 Å². The number of hydrogen-bond donors (Lipinski definition) is 1. The smallest absolute Gasteiger partial charge is 0.328 e. The van der Waals surface area contributed by atoms with Crippen LogP contribution in [-0.4, -0.2) is 47.7 Å². The summed E-state index contributed by atoms with van der Waals surface area (Å²) in [6, 6.07) is 3.04. The van der Waals surface area contributed by atoms with Crippen LogP contribution in [0.3, 0.4) is 0 Å². The molecule has 3 rings (SSSR count). The number of carboxylic acids is 1. The second-order valence-corrected chi connectivity index (χ2v) is 5.89. The van der Waals surface area contributed by atoms with E-state index in [2.05, 4.69) is 0 Å². The molecule has 6 heteroatoms. The number of rotatable bonds is 3. The number of carbonyl (C=O) groups is 2. The van der Waals surface area contributed by atoms with Crippen molar-refractivity contribution in [1.82, 2.24) is 4.90 Å². The van der Waals surface area contributed by atoms with Crippen molar-refractivity contribution < 1.29 is 23.8 Å². The van der Waals surface area contributed by atoms with Crippen LogP contribution in [0.25, 0.3) is 11.0 Å². The Morgan fingerprint density at radius 3 is 2.78 bits per heavy atom. The van der Waals surface area contributed by atoms with Crippen molar-refractivity contribution in [3.05, 3.63) is 35.1 Å². The summed E-state index contributed by atoms with van der Waals surface area (Å²) in [5.74, 6) is -1.26. The Balaban J connectivity index is 1.85. The van der Waals surface area contributed by atoms with Gasteiger partial charge in [0.2, 0.25) is 5.91 Å². The van der Waals surface area contributed by atoms with Gasteiger partial charge in [0, 0.05) is 17.5 Å². The molecule has 0 aliphatic carbocycles. The van der Waals surface area contributed by atoms with E-state index in [1.165, 1.54) is 4.90 Å². The maximum absolute atomic E-state index is 12.5. The minimum absolute atomic E-state index is 0.0332. The van der Waals surface area contributed by atoms with Crippen LogP contribution >= 0.6 is 0 Å². The fourth-order valence-corrected chi connectivity index (χ4v) is 2.84. The normalized spacial score (nSPS) is 18.3. The van der Waals surface area contributed by atoms with Crippen molar-refractivity contribution >= 4 is 22.8 Å². The number of morpholine rings is 1. The average Bonchev–Trinajstić information content (AvgIpc) is 2.89. The molecule has 1 aromatic heterocycles. The number of hydrogen-bond acceptors (Lipinski definition) is 4. The highest BCUT2D eigenvalue weighted by atomic mass is 16.5. The molecule has 2 heterocycles. The molecule has 23 heavy (non-hydrogen) atoms. The highest BCUT2D eigenvalue weighted by molar-refractivity contribution is 5.90. The van der Waals surface area contributed by atoms with Crippen LogP contribution in [0.5, 0.6) is 0 Å². The molecule has 1 aliphatic rings. The first-order chi connectivity index (χ1) is 11.0. The lowest BCUT2D eigenvalue weighted by molar-refractivity contribution is -0.157. The molecule has 6 nitrogen and oxygen atoms in total. The molecule has 0 spiro atoms. The van der Waals surface area contributed by atoms with Gasteiger partial charge in [-0.1, -0.05) is 0 Å². The van der Waals surface area contributed by atoms with Gasteiger partial charge in [0.15, 0.2) is 6.04 Å². The molecule has 0 bridgehead atoms. The number of nitrogens with zero attached hydrogens (tertiary/aromatic N) is 1. The van der Waals surface area contributed by atoms with Crippen molar-refractivity contribution in [2.45, 2.75) is 26.3 Å². The summed E-state index contributed by atoms with van der Waals surface area (Å²) in [5.41, 5.74) is 3.78. The average molecular weight is 317 g/mol. The number of benzene rings is 1. The van der Waals surface area contributed by atoms with Gasteiger partial charge in [-0.2, -0.15) is 0 Å². The van der Waals surface area contributed by atoms with E-state index >= 15 is 0 Å². The summed E-state index contributed by atoms with van der Waals surface area (Å²) in [5, 5.41) is 10.1. The topological polar surface area (TPSA) is 80.0 Å². The van der Waals surface area contributed by atoms with Gasteiger partial charge in [-0.3, -0.25) is 4.79 Å². The molecule has 1 unspecified atom stereocenters. The summed E-state index contributed by atoms with van der Waals surface area (Å²) in [6.07, 6.45) is 1.71. The first-order valence-electron chi connectivity index (χ1n) is 7.54. The number of carboxylic acid groups (broad SMARTS) is 1. The summed E-state index contributed by atoms with van der Waals surface area (Å²) in [4.78, 5) is 25.2. The number of fused-ring (bicyclic) bond motifs is 1. The maximum atomic E-state index is 12.5. The van der Waals surface area contributed by atoms with Crippen LogP contribution in [-0.2, 0) is 20.7 Å². The van der Waals surface area contributed by atoms with E-state index < -0.39 is 12.0 Å². The van der Waals surface area contributed by atoms with E-state index in [9.17, 15) is 14.7 Å². The molecule has 1 aliphatic heterocycles. The number of ether oxygens (including phenoxy) is 1. The molecule has 1 aromatic carbocycles. The molecule has 1 saturated heterocycles. The summed E-state index contributed by atoms with van der Waals surface area (Å²) in [6.45, 7) is 4.71. The van der Waals surface area contributed by atoms with Gasteiger partial charge < -0.3 is 19.2 Å². The lowest BCUT2D eigenvalue weighted by Gasteiger charge is -2.32. The number of carbonyl (C=O) groups excluding carboxylic acids is 1. The lowest BCUT2D eigenvalue weighted by Crippen LogP contribution is -2.53. The predicted octanol–water partition coefficient (Wildman–Crippen LogP) is 1.90. The van der Waals surface area contributed by atoms with Crippen LogP contribution < -0.4 is 0 Å². The van der Waals surface area contributed by atoms with Crippen LogP contribution in [0.2, 0.25) is 0 Å². The van der Waals surface area contributed by atoms with E-state index in [1.807, 2.05) is 26.0 Å². The van der Waals surface area contributed by atoms with Crippen molar-refractivity contribution in [3.63, 3.8) is 0 Å².